The zero-order valence-corrected chi connectivity index (χ0v) is 8.60. The summed E-state index contributed by atoms with van der Waals surface area (Å²) in [7, 11) is 1.99. The number of likely N-dealkylation sites (N-methyl/N-ethyl adjacent to an activating group) is 1. The summed E-state index contributed by atoms with van der Waals surface area (Å²) in [5, 5.41) is 8.82. The SMILES string of the molecule is CC(CO)N(C)CCCC(N)=S. The number of hydrogen-bond donors (Lipinski definition) is 2. The van der Waals surface area contributed by atoms with Crippen LogP contribution in [0.15, 0.2) is 0 Å². The Morgan fingerprint density at radius 1 is 1.67 bits per heavy atom. The molecule has 0 spiro atoms. The molecule has 0 aliphatic rings. The molecule has 0 aliphatic heterocycles. The lowest BCUT2D eigenvalue weighted by molar-refractivity contribution is 0.158. The van der Waals surface area contributed by atoms with Crippen molar-refractivity contribution < 1.29 is 5.11 Å². The lowest BCUT2D eigenvalue weighted by Gasteiger charge is -2.22. The molecule has 0 bridgehead atoms. The summed E-state index contributed by atoms with van der Waals surface area (Å²) in [6.07, 6.45) is 1.76. The Balaban J connectivity index is 3.43. The van der Waals surface area contributed by atoms with E-state index in [0.29, 0.717) is 4.99 Å². The second-order valence-electron chi connectivity index (χ2n) is 3.08. The molecule has 72 valence electrons. The van der Waals surface area contributed by atoms with Gasteiger partial charge >= 0.3 is 0 Å². The van der Waals surface area contributed by atoms with Gasteiger partial charge in [0, 0.05) is 6.04 Å². The molecule has 0 aliphatic carbocycles. The average Bonchev–Trinajstić information content (AvgIpc) is 2.02. The molecule has 0 radical (unpaired) electrons. The molecule has 1 atom stereocenters. The monoisotopic (exact) mass is 190 g/mol. The van der Waals surface area contributed by atoms with Crippen molar-refractivity contribution in [3.63, 3.8) is 0 Å². The third-order valence-corrected chi connectivity index (χ3v) is 2.15. The fraction of sp³-hybridized carbons (Fsp3) is 0.875. The Morgan fingerprint density at radius 3 is 2.67 bits per heavy atom. The molecule has 0 saturated heterocycles. The molecule has 0 fully saturated rings. The minimum Gasteiger partial charge on any atom is -0.395 e. The molecule has 0 heterocycles. The predicted octanol–water partition coefficient (Wildman–Crippen LogP) is 0.365. The van der Waals surface area contributed by atoms with Crippen molar-refractivity contribution in [1.82, 2.24) is 4.90 Å². The molecule has 0 amide bonds. The van der Waals surface area contributed by atoms with E-state index in [1.54, 1.807) is 0 Å². The minimum atomic E-state index is 0.198. The Hall–Kier alpha value is -0.190. The van der Waals surface area contributed by atoms with Gasteiger partial charge in [-0.1, -0.05) is 12.2 Å². The zero-order valence-electron chi connectivity index (χ0n) is 7.79. The number of nitrogens with zero attached hydrogens (tertiary/aromatic N) is 1. The number of rotatable bonds is 6. The van der Waals surface area contributed by atoms with Gasteiger partial charge in [-0.15, -0.1) is 0 Å². The second kappa shape index (κ2) is 6.34. The van der Waals surface area contributed by atoms with Gasteiger partial charge in [-0.2, -0.15) is 0 Å². The lowest BCUT2D eigenvalue weighted by atomic mass is 10.2. The predicted molar refractivity (Wildman–Crippen MR) is 55.2 cm³/mol. The molecule has 0 aromatic heterocycles. The van der Waals surface area contributed by atoms with Crippen LogP contribution >= 0.6 is 12.2 Å². The van der Waals surface area contributed by atoms with Crippen LogP contribution in [-0.4, -0.2) is 41.2 Å². The van der Waals surface area contributed by atoms with Gasteiger partial charge in [0.2, 0.25) is 0 Å². The fourth-order valence-electron chi connectivity index (χ4n) is 0.862. The van der Waals surface area contributed by atoms with Crippen LogP contribution in [0.3, 0.4) is 0 Å². The highest BCUT2D eigenvalue weighted by atomic mass is 32.1. The minimum absolute atomic E-state index is 0.198. The first-order chi connectivity index (χ1) is 5.57. The Bertz CT molecular complexity index is 141. The molecule has 3 nitrogen and oxygen atoms in total. The number of hydrogen-bond acceptors (Lipinski definition) is 3. The highest BCUT2D eigenvalue weighted by Crippen LogP contribution is 1.98. The summed E-state index contributed by atoms with van der Waals surface area (Å²) in [6, 6.07) is 0.219. The van der Waals surface area contributed by atoms with Gasteiger partial charge in [-0.3, -0.25) is 0 Å². The van der Waals surface area contributed by atoms with Crippen molar-refractivity contribution in [2.75, 3.05) is 20.2 Å². The van der Waals surface area contributed by atoms with E-state index >= 15 is 0 Å². The number of aliphatic hydroxyl groups is 1. The third kappa shape index (κ3) is 5.46. The maximum absolute atomic E-state index is 8.82. The van der Waals surface area contributed by atoms with Crippen LogP contribution in [0.25, 0.3) is 0 Å². The average molecular weight is 190 g/mol. The second-order valence-corrected chi connectivity index (χ2v) is 3.61. The Labute approximate surface area is 79.5 Å². The van der Waals surface area contributed by atoms with Crippen molar-refractivity contribution >= 4 is 17.2 Å². The molecule has 3 N–H and O–H groups in total. The van der Waals surface area contributed by atoms with Crippen LogP contribution in [0.1, 0.15) is 19.8 Å². The van der Waals surface area contributed by atoms with Crippen LogP contribution in [0.5, 0.6) is 0 Å². The number of aliphatic hydroxyl groups excluding tert-OH is 1. The quantitative estimate of drug-likeness (QED) is 0.594. The largest absolute Gasteiger partial charge is 0.395 e. The standard InChI is InChI=1S/C8H18N2OS/c1-7(6-11)10(2)5-3-4-8(9)12/h7,11H,3-6H2,1-2H3,(H2,9,12). The number of nitrogens with two attached hydrogens (primary N) is 1. The first-order valence-electron chi connectivity index (χ1n) is 4.17. The van der Waals surface area contributed by atoms with Gasteiger partial charge in [0.05, 0.1) is 11.6 Å². The van der Waals surface area contributed by atoms with E-state index in [9.17, 15) is 0 Å². The van der Waals surface area contributed by atoms with Gasteiger partial charge in [-0.05, 0) is 33.4 Å². The molecule has 1 unspecified atom stereocenters. The third-order valence-electron chi connectivity index (χ3n) is 1.95. The smallest absolute Gasteiger partial charge is 0.0727 e. The van der Waals surface area contributed by atoms with Crippen LogP contribution in [0, 0.1) is 0 Å². The maximum atomic E-state index is 8.82. The summed E-state index contributed by atoms with van der Waals surface area (Å²) >= 11 is 4.75. The van der Waals surface area contributed by atoms with Crippen LogP contribution in [0.4, 0.5) is 0 Å². The highest BCUT2D eigenvalue weighted by Gasteiger charge is 2.06. The molecule has 12 heavy (non-hydrogen) atoms. The molecule has 0 aromatic carbocycles. The van der Waals surface area contributed by atoms with E-state index in [-0.39, 0.29) is 12.6 Å². The molecule has 0 saturated carbocycles. The van der Waals surface area contributed by atoms with E-state index in [4.69, 9.17) is 23.1 Å². The van der Waals surface area contributed by atoms with E-state index in [2.05, 4.69) is 4.90 Å². The zero-order chi connectivity index (χ0) is 9.56. The lowest BCUT2D eigenvalue weighted by Crippen LogP contribution is -2.33. The summed E-state index contributed by atoms with van der Waals surface area (Å²) < 4.78 is 0. The Kier molecular flexibility index (Phi) is 6.24. The number of thiocarbonyl (C=S) groups is 1. The van der Waals surface area contributed by atoms with E-state index < -0.39 is 0 Å². The van der Waals surface area contributed by atoms with Crippen molar-refractivity contribution in [2.45, 2.75) is 25.8 Å². The maximum Gasteiger partial charge on any atom is 0.0727 e. The van der Waals surface area contributed by atoms with Crippen molar-refractivity contribution in [2.24, 2.45) is 5.73 Å². The summed E-state index contributed by atoms with van der Waals surface area (Å²) in [6.45, 7) is 3.11. The normalized spacial score (nSPS) is 13.3. The van der Waals surface area contributed by atoms with Gasteiger partial charge in [0.15, 0.2) is 0 Å². The fourth-order valence-corrected chi connectivity index (χ4v) is 1.01. The molecule has 4 heteroatoms. The summed E-state index contributed by atoms with van der Waals surface area (Å²) in [5.41, 5.74) is 5.35. The molecule has 0 aromatic rings. The first kappa shape index (κ1) is 11.8. The van der Waals surface area contributed by atoms with Crippen LogP contribution in [-0.2, 0) is 0 Å². The van der Waals surface area contributed by atoms with Crippen molar-refractivity contribution in [3.8, 4) is 0 Å². The summed E-state index contributed by atoms with van der Waals surface area (Å²) in [4.78, 5) is 2.67. The van der Waals surface area contributed by atoms with Gasteiger partial charge < -0.3 is 15.7 Å². The first-order valence-corrected chi connectivity index (χ1v) is 4.58. The van der Waals surface area contributed by atoms with Crippen molar-refractivity contribution in [1.29, 1.82) is 0 Å². The molecular formula is C8H18N2OS. The highest BCUT2D eigenvalue weighted by molar-refractivity contribution is 7.80. The van der Waals surface area contributed by atoms with Gasteiger partial charge in [0.1, 0.15) is 0 Å². The van der Waals surface area contributed by atoms with E-state index in [1.807, 2.05) is 14.0 Å². The van der Waals surface area contributed by atoms with Gasteiger partial charge in [0.25, 0.3) is 0 Å². The van der Waals surface area contributed by atoms with E-state index in [0.717, 1.165) is 19.4 Å². The molecule has 0 rings (SSSR count). The summed E-state index contributed by atoms with van der Waals surface area (Å²) in [5.74, 6) is 0. The van der Waals surface area contributed by atoms with Crippen LogP contribution in [0.2, 0.25) is 0 Å². The Morgan fingerprint density at radius 2 is 2.25 bits per heavy atom. The van der Waals surface area contributed by atoms with Gasteiger partial charge in [-0.25, -0.2) is 0 Å². The van der Waals surface area contributed by atoms with Crippen molar-refractivity contribution in [3.05, 3.63) is 0 Å². The van der Waals surface area contributed by atoms with Crippen LogP contribution < -0.4 is 5.73 Å². The van der Waals surface area contributed by atoms with E-state index in [1.165, 1.54) is 0 Å². The molecular weight excluding hydrogens is 172 g/mol. The topological polar surface area (TPSA) is 49.5 Å².